The Kier molecular flexibility index (Phi) is 5.60. The van der Waals surface area contributed by atoms with Gasteiger partial charge in [-0.05, 0) is 35.0 Å². The largest absolute Gasteiger partial charge is 0.507 e. The fourth-order valence-electron chi connectivity index (χ4n) is 4.35. The molecule has 0 aromatic heterocycles. The fourth-order valence-corrected chi connectivity index (χ4v) is 4.86. The van der Waals surface area contributed by atoms with Gasteiger partial charge in [-0.25, -0.2) is 4.39 Å². The minimum absolute atomic E-state index is 0.0552. The van der Waals surface area contributed by atoms with Crippen LogP contribution in [0.5, 0.6) is 0 Å². The lowest BCUT2D eigenvalue weighted by molar-refractivity contribution is -0.132. The van der Waals surface area contributed by atoms with E-state index in [0.29, 0.717) is 10.9 Å². The van der Waals surface area contributed by atoms with Gasteiger partial charge in [-0.2, -0.15) is 0 Å². The average molecular weight is 492 g/mol. The zero-order chi connectivity index (χ0) is 24.0. The third-order valence-corrected chi connectivity index (χ3v) is 6.25. The van der Waals surface area contributed by atoms with Gasteiger partial charge in [0.15, 0.2) is 0 Å². The number of hydrogen-bond acceptors (Lipinski definition) is 3. The van der Waals surface area contributed by atoms with Gasteiger partial charge in [0.25, 0.3) is 11.7 Å². The predicted molar refractivity (Wildman–Crippen MR) is 132 cm³/mol. The number of carbonyl (C=O) groups is 2. The number of nitrogens with zero attached hydrogens (tertiary/aromatic N) is 1. The molecular weight excluding hydrogens is 476 g/mol. The second kappa shape index (κ2) is 8.60. The molecule has 4 aromatic rings. The molecule has 1 N–H and O–H groups in total. The minimum Gasteiger partial charge on any atom is -0.507 e. The second-order valence-electron chi connectivity index (χ2n) is 7.84. The van der Waals surface area contributed by atoms with Crippen molar-refractivity contribution in [3.05, 3.63) is 117 Å². The van der Waals surface area contributed by atoms with Gasteiger partial charge in [-0.15, -0.1) is 0 Å². The van der Waals surface area contributed by atoms with Crippen LogP contribution in [0.25, 0.3) is 16.5 Å². The summed E-state index contributed by atoms with van der Waals surface area (Å²) in [6.45, 7) is 0. The van der Waals surface area contributed by atoms with Crippen LogP contribution in [-0.2, 0) is 9.59 Å². The molecule has 1 fully saturated rings. The summed E-state index contributed by atoms with van der Waals surface area (Å²) in [6, 6.07) is 21.6. The van der Waals surface area contributed by atoms with Crippen LogP contribution in [-0.4, -0.2) is 16.8 Å². The van der Waals surface area contributed by atoms with Gasteiger partial charge in [0, 0.05) is 26.9 Å². The SMILES string of the molecule is O=C1C(=O)N(c2cc(Cl)cc(Cl)c2)C(c2ccccc2F)/C1=C(\O)c1cccc2ccccc12. The van der Waals surface area contributed by atoms with Gasteiger partial charge in [-0.1, -0.05) is 83.9 Å². The van der Waals surface area contributed by atoms with Crippen molar-refractivity contribution in [1.82, 2.24) is 0 Å². The van der Waals surface area contributed by atoms with E-state index in [9.17, 15) is 14.7 Å². The smallest absolute Gasteiger partial charge is 0.300 e. The lowest BCUT2D eigenvalue weighted by atomic mass is 9.93. The lowest BCUT2D eigenvalue weighted by Gasteiger charge is -2.26. The van der Waals surface area contributed by atoms with Crippen LogP contribution < -0.4 is 4.90 Å². The quantitative estimate of drug-likeness (QED) is 0.192. The number of rotatable bonds is 3. The summed E-state index contributed by atoms with van der Waals surface area (Å²) in [5, 5.41) is 13.4. The molecule has 7 heteroatoms. The van der Waals surface area contributed by atoms with Crippen molar-refractivity contribution in [3.63, 3.8) is 0 Å². The highest BCUT2D eigenvalue weighted by Crippen LogP contribution is 2.44. The van der Waals surface area contributed by atoms with Gasteiger partial charge >= 0.3 is 0 Å². The van der Waals surface area contributed by atoms with Crippen molar-refractivity contribution < 1.29 is 19.1 Å². The summed E-state index contributed by atoms with van der Waals surface area (Å²) in [5.41, 5.74) is 0.411. The first-order valence-electron chi connectivity index (χ1n) is 10.4. The fraction of sp³-hybridized carbons (Fsp3) is 0.0370. The number of Topliss-reactive ketones (excluding diaryl/α,β-unsaturated/α-hetero) is 1. The first-order chi connectivity index (χ1) is 16.4. The maximum absolute atomic E-state index is 15.0. The molecule has 0 radical (unpaired) electrons. The first-order valence-corrected chi connectivity index (χ1v) is 11.1. The van der Waals surface area contributed by atoms with Crippen molar-refractivity contribution in [3.8, 4) is 0 Å². The predicted octanol–water partition coefficient (Wildman–Crippen LogP) is 6.91. The maximum Gasteiger partial charge on any atom is 0.300 e. The van der Waals surface area contributed by atoms with Gasteiger partial charge in [-0.3, -0.25) is 14.5 Å². The van der Waals surface area contributed by atoms with E-state index in [0.717, 1.165) is 10.3 Å². The summed E-state index contributed by atoms with van der Waals surface area (Å²) in [6.07, 6.45) is 0. The van der Waals surface area contributed by atoms with Crippen LogP contribution in [0, 0.1) is 5.82 Å². The second-order valence-corrected chi connectivity index (χ2v) is 8.72. The Balaban J connectivity index is 1.81. The standard InChI is InChI=1S/C27H16Cl2FNO3/c28-16-12-17(29)14-18(13-16)31-24(21-9-3-4-11-22(21)30)23(26(33)27(31)34)25(32)20-10-5-7-15-6-1-2-8-19(15)20/h1-14,24,32H/b25-23+. The van der Waals surface area contributed by atoms with Gasteiger partial charge in [0.05, 0.1) is 11.6 Å². The normalized spacial score (nSPS) is 17.5. The summed E-state index contributed by atoms with van der Waals surface area (Å²) < 4.78 is 15.0. The molecule has 4 aromatic carbocycles. The molecule has 34 heavy (non-hydrogen) atoms. The molecule has 0 aliphatic carbocycles. The van der Waals surface area contributed by atoms with E-state index < -0.39 is 23.5 Å². The molecule has 168 valence electrons. The molecule has 1 amide bonds. The van der Waals surface area contributed by atoms with E-state index in [1.54, 1.807) is 30.3 Å². The Labute approximate surface area is 204 Å². The number of benzene rings is 4. The Bertz CT molecular complexity index is 1490. The molecule has 5 rings (SSSR count). The Morgan fingerprint density at radius 2 is 1.50 bits per heavy atom. The molecule has 4 nitrogen and oxygen atoms in total. The lowest BCUT2D eigenvalue weighted by Crippen LogP contribution is -2.29. The molecule has 1 aliphatic heterocycles. The van der Waals surface area contributed by atoms with Crippen LogP contribution in [0.1, 0.15) is 17.2 Å². The summed E-state index contributed by atoms with van der Waals surface area (Å²) in [4.78, 5) is 27.7. The van der Waals surface area contributed by atoms with Gasteiger partial charge in [0.2, 0.25) is 0 Å². The number of carbonyl (C=O) groups excluding carboxylic acids is 2. The number of aliphatic hydroxyl groups excluding tert-OH is 1. The van der Waals surface area contributed by atoms with Crippen molar-refractivity contribution in [2.24, 2.45) is 0 Å². The molecule has 0 bridgehead atoms. The highest BCUT2D eigenvalue weighted by Gasteiger charge is 2.48. The van der Waals surface area contributed by atoms with Crippen LogP contribution in [0.2, 0.25) is 10.0 Å². The zero-order valence-electron chi connectivity index (χ0n) is 17.5. The maximum atomic E-state index is 15.0. The number of fused-ring (bicyclic) bond motifs is 1. The van der Waals surface area contributed by atoms with Crippen LogP contribution in [0.4, 0.5) is 10.1 Å². The number of hydrogen-bond donors (Lipinski definition) is 1. The number of anilines is 1. The Morgan fingerprint density at radius 3 is 2.24 bits per heavy atom. The van der Waals surface area contributed by atoms with E-state index in [4.69, 9.17) is 23.2 Å². The van der Waals surface area contributed by atoms with Crippen LogP contribution in [0.3, 0.4) is 0 Å². The molecule has 1 heterocycles. The third kappa shape index (κ3) is 3.63. The van der Waals surface area contributed by atoms with Crippen molar-refractivity contribution in [2.45, 2.75) is 6.04 Å². The minimum atomic E-state index is -1.23. The molecule has 1 atom stereocenters. The average Bonchev–Trinajstić information content (AvgIpc) is 3.08. The Hall–Kier alpha value is -3.67. The van der Waals surface area contributed by atoms with E-state index in [1.807, 2.05) is 18.2 Å². The van der Waals surface area contributed by atoms with Gasteiger partial charge in [0.1, 0.15) is 11.6 Å². The van der Waals surface area contributed by atoms with E-state index in [2.05, 4.69) is 0 Å². The molecule has 1 unspecified atom stereocenters. The third-order valence-electron chi connectivity index (χ3n) is 5.81. The topological polar surface area (TPSA) is 57.6 Å². The number of aliphatic hydroxyl groups is 1. The summed E-state index contributed by atoms with van der Waals surface area (Å²) in [5.74, 6) is -2.88. The zero-order valence-corrected chi connectivity index (χ0v) is 19.0. The summed E-state index contributed by atoms with van der Waals surface area (Å²) >= 11 is 12.3. The highest BCUT2D eigenvalue weighted by molar-refractivity contribution is 6.52. The monoisotopic (exact) mass is 491 g/mol. The molecule has 0 spiro atoms. The molecule has 0 saturated carbocycles. The van der Waals surface area contributed by atoms with Crippen molar-refractivity contribution >= 4 is 57.1 Å². The summed E-state index contributed by atoms with van der Waals surface area (Å²) in [7, 11) is 0. The molecular formula is C27H16Cl2FNO3. The van der Waals surface area contributed by atoms with E-state index in [1.165, 1.54) is 36.4 Å². The molecule has 1 aliphatic rings. The number of halogens is 3. The Morgan fingerprint density at radius 1 is 0.853 bits per heavy atom. The van der Waals surface area contributed by atoms with Gasteiger partial charge < -0.3 is 5.11 Å². The number of ketones is 1. The first kappa shape index (κ1) is 22.1. The van der Waals surface area contributed by atoms with Crippen LogP contribution >= 0.6 is 23.2 Å². The van der Waals surface area contributed by atoms with Crippen molar-refractivity contribution in [1.29, 1.82) is 0 Å². The van der Waals surface area contributed by atoms with Crippen molar-refractivity contribution in [2.75, 3.05) is 4.90 Å². The van der Waals surface area contributed by atoms with Crippen LogP contribution in [0.15, 0.2) is 90.5 Å². The van der Waals surface area contributed by atoms with E-state index in [-0.39, 0.29) is 32.6 Å². The highest BCUT2D eigenvalue weighted by atomic mass is 35.5. The van der Waals surface area contributed by atoms with E-state index >= 15 is 4.39 Å². The molecule has 1 saturated heterocycles. The number of amides is 1.